The molecule has 9 heteroatoms. The third-order valence-corrected chi connectivity index (χ3v) is 4.42. The summed E-state index contributed by atoms with van der Waals surface area (Å²) in [7, 11) is 0. The first-order valence-corrected chi connectivity index (χ1v) is 7.77. The Bertz CT molecular complexity index is 737. The lowest BCUT2D eigenvalue weighted by atomic mass is 10.1. The van der Waals surface area contributed by atoms with E-state index in [0.29, 0.717) is 12.4 Å². The molecule has 134 valence electrons. The van der Waals surface area contributed by atoms with Gasteiger partial charge >= 0.3 is 6.18 Å². The lowest BCUT2D eigenvalue weighted by Crippen LogP contribution is -2.58. The van der Waals surface area contributed by atoms with Crippen molar-refractivity contribution in [2.24, 2.45) is 0 Å². The molecule has 0 aromatic carbocycles. The maximum atomic E-state index is 12.7. The van der Waals surface area contributed by atoms with Gasteiger partial charge in [-0.1, -0.05) is 0 Å². The van der Waals surface area contributed by atoms with Gasteiger partial charge in [0, 0.05) is 38.6 Å². The fourth-order valence-electron chi connectivity index (χ4n) is 3.26. The Kier molecular flexibility index (Phi) is 4.75. The molecule has 1 unspecified atom stereocenters. The fraction of sp³-hybridized carbons (Fsp3) is 0.375. The Labute approximate surface area is 149 Å². The number of nitrogens with one attached hydrogen (secondary N) is 1. The van der Waals surface area contributed by atoms with Gasteiger partial charge in [-0.3, -0.25) is 0 Å². The fourth-order valence-corrected chi connectivity index (χ4v) is 3.26. The Morgan fingerprint density at radius 3 is 2.72 bits per heavy atom. The minimum atomic E-state index is -4.38. The molecule has 2 aliphatic heterocycles. The van der Waals surface area contributed by atoms with Crippen LogP contribution >= 0.6 is 12.4 Å². The second kappa shape index (κ2) is 6.68. The van der Waals surface area contributed by atoms with Crippen molar-refractivity contribution in [2.75, 3.05) is 36.0 Å². The molecule has 2 aromatic rings. The van der Waals surface area contributed by atoms with Crippen LogP contribution in [0.1, 0.15) is 5.56 Å². The van der Waals surface area contributed by atoms with Gasteiger partial charge in [0.1, 0.15) is 5.82 Å². The Morgan fingerprint density at radius 1 is 1.16 bits per heavy atom. The molecule has 0 aliphatic carbocycles. The summed E-state index contributed by atoms with van der Waals surface area (Å²) in [5.74, 6) is 1.36. The van der Waals surface area contributed by atoms with Crippen molar-refractivity contribution in [1.82, 2.24) is 15.3 Å². The zero-order valence-corrected chi connectivity index (χ0v) is 14.0. The molecule has 0 amide bonds. The van der Waals surface area contributed by atoms with E-state index in [-0.39, 0.29) is 18.4 Å². The summed E-state index contributed by atoms with van der Waals surface area (Å²) >= 11 is 0. The van der Waals surface area contributed by atoms with Gasteiger partial charge < -0.3 is 15.1 Å². The largest absolute Gasteiger partial charge is 0.417 e. The van der Waals surface area contributed by atoms with Crippen molar-refractivity contribution in [3.63, 3.8) is 0 Å². The number of hydrogen-bond donors (Lipinski definition) is 1. The van der Waals surface area contributed by atoms with Crippen LogP contribution in [0.4, 0.5) is 30.5 Å². The zero-order valence-electron chi connectivity index (χ0n) is 13.2. The smallest absolute Gasteiger partial charge is 0.348 e. The first-order chi connectivity index (χ1) is 11.5. The van der Waals surface area contributed by atoms with Crippen molar-refractivity contribution >= 4 is 29.7 Å². The summed E-state index contributed by atoms with van der Waals surface area (Å²) in [4.78, 5) is 12.7. The molecule has 2 aromatic heterocycles. The van der Waals surface area contributed by atoms with Crippen molar-refractivity contribution in [1.29, 1.82) is 0 Å². The number of pyridine rings is 2. The lowest BCUT2D eigenvalue weighted by Gasteiger charge is -2.45. The Morgan fingerprint density at radius 2 is 2.00 bits per heavy atom. The van der Waals surface area contributed by atoms with Crippen molar-refractivity contribution in [2.45, 2.75) is 12.2 Å². The number of nitrogens with zero attached hydrogens (tertiary/aromatic N) is 4. The number of anilines is 3. The number of rotatable bonds is 1. The molecular weight excluding hydrogens is 355 g/mol. The summed E-state index contributed by atoms with van der Waals surface area (Å²) in [5.41, 5.74) is 0.138. The maximum Gasteiger partial charge on any atom is 0.417 e. The van der Waals surface area contributed by atoms with Crippen LogP contribution in [0.2, 0.25) is 0 Å². The summed E-state index contributed by atoms with van der Waals surface area (Å²) in [6.07, 6.45) is -1.75. The normalized spacial score (nSPS) is 19.7. The zero-order chi connectivity index (χ0) is 16.7. The molecular formula is C16H17ClF3N5. The van der Waals surface area contributed by atoms with Crippen molar-refractivity contribution in [3.05, 3.63) is 42.2 Å². The second-order valence-electron chi connectivity index (χ2n) is 5.91. The molecule has 1 saturated heterocycles. The van der Waals surface area contributed by atoms with Gasteiger partial charge in [-0.15, -0.1) is 12.4 Å². The molecule has 0 bridgehead atoms. The molecule has 0 radical (unpaired) electrons. The molecule has 4 rings (SSSR count). The van der Waals surface area contributed by atoms with E-state index < -0.39 is 11.7 Å². The van der Waals surface area contributed by atoms with E-state index in [2.05, 4.69) is 20.2 Å². The third kappa shape index (κ3) is 3.23. The van der Waals surface area contributed by atoms with Crippen LogP contribution in [0.25, 0.3) is 0 Å². The van der Waals surface area contributed by atoms with E-state index in [1.54, 1.807) is 6.20 Å². The topological polar surface area (TPSA) is 44.3 Å². The summed E-state index contributed by atoms with van der Waals surface area (Å²) in [5, 5.41) is 3.35. The van der Waals surface area contributed by atoms with Crippen LogP contribution in [-0.4, -0.2) is 42.2 Å². The second-order valence-corrected chi connectivity index (χ2v) is 5.91. The standard InChI is InChI=1S/C16H16F3N5.ClH/c17-16(18,19)11-3-4-14(22-8-11)24-10-12-9-20-6-7-23(12)15-13(24)2-1-5-21-15;/h1-5,8,12,20H,6-7,9-10H2;1H. The minimum Gasteiger partial charge on any atom is -0.348 e. The molecule has 0 saturated carbocycles. The highest BCUT2D eigenvalue weighted by atomic mass is 35.5. The molecule has 4 heterocycles. The predicted molar refractivity (Wildman–Crippen MR) is 91.7 cm³/mol. The Hall–Kier alpha value is -2.06. The van der Waals surface area contributed by atoms with E-state index in [9.17, 15) is 13.2 Å². The number of fused-ring (bicyclic) bond motifs is 3. The van der Waals surface area contributed by atoms with E-state index in [0.717, 1.165) is 43.4 Å². The number of aromatic nitrogens is 2. The molecule has 1 atom stereocenters. The van der Waals surface area contributed by atoms with Gasteiger partial charge in [0.05, 0.1) is 17.3 Å². The minimum absolute atomic E-state index is 0. The summed E-state index contributed by atoms with van der Waals surface area (Å²) < 4.78 is 38.2. The van der Waals surface area contributed by atoms with E-state index in [1.165, 1.54) is 6.07 Å². The highest BCUT2D eigenvalue weighted by Gasteiger charge is 2.35. The molecule has 1 fully saturated rings. The van der Waals surface area contributed by atoms with Crippen LogP contribution in [0.3, 0.4) is 0 Å². The van der Waals surface area contributed by atoms with Crippen LogP contribution in [0, 0.1) is 0 Å². The highest BCUT2D eigenvalue weighted by Crippen LogP contribution is 2.38. The highest BCUT2D eigenvalue weighted by molar-refractivity contribution is 5.85. The first kappa shape index (κ1) is 17.8. The van der Waals surface area contributed by atoms with E-state index >= 15 is 0 Å². The molecule has 2 aliphatic rings. The Balaban J connectivity index is 0.00000182. The summed E-state index contributed by atoms with van der Waals surface area (Å²) in [6, 6.07) is 6.47. The van der Waals surface area contributed by atoms with Gasteiger partial charge in [-0.05, 0) is 24.3 Å². The van der Waals surface area contributed by atoms with Crippen LogP contribution in [0.5, 0.6) is 0 Å². The SMILES string of the molecule is Cl.FC(F)(F)c1ccc(N2CC3CNCCN3c3ncccc32)nc1. The van der Waals surface area contributed by atoms with E-state index in [1.807, 2.05) is 17.0 Å². The van der Waals surface area contributed by atoms with Crippen LogP contribution in [-0.2, 0) is 6.18 Å². The maximum absolute atomic E-state index is 12.7. The average molecular weight is 372 g/mol. The van der Waals surface area contributed by atoms with Crippen LogP contribution in [0.15, 0.2) is 36.7 Å². The van der Waals surface area contributed by atoms with Gasteiger partial charge in [-0.2, -0.15) is 13.2 Å². The molecule has 5 nitrogen and oxygen atoms in total. The number of alkyl halides is 3. The molecule has 1 N–H and O–H groups in total. The van der Waals surface area contributed by atoms with Crippen LogP contribution < -0.4 is 15.1 Å². The number of piperazine rings is 1. The summed E-state index contributed by atoms with van der Waals surface area (Å²) in [6.45, 7) is 3.23. The van der Waals surface area contributed by atoms with Crippen molar-refractivity contribution < 1.29 is 13.2 Å². The lowest BCUT2D eigenvalue weighted by molar-refractivity contribution is -0.137. The first-order valence-electron chi connectivity index (χ1n) is 7.77. The average Bonchev–Trinajstić information content (AvgIpc) is 2.60. The number of halogens is 4. The third-order valence-electron chi connectivity index (χ3n) is 4.42. The molecule has 0 spiro atoms. The van der Waals surface area contributed by atoms with E-state index in [4.69, 9.17) is 0 Å². The molecule has 25 heavy (non-hydrogen) atoms. The monoisotopic (exact) mass is 371 g/mol. The quantitative estimate of drug-likeness (QED) is 0.835. The number of hydrogen-bond acceptors (Lipinski definition) is 5. The van der Waals surface area contributed by atoms with Gasteiger partial charge in [0.2, 0.25) is 0 Å². The predicted octanol–water partition coefficient (Wildman–Crippen LogP) is 2.85. The van der Waals surface area contributed by atoms with Crippen molar-refractivity contribution in [3.8, 4) is 0 Å². The van der Waals surface area contributed by atoms with Gasteiger partial charge in [0.15, 0.2) is 5.82 Å². The van der Waals surface area contributed by atoms with Gasteiger partial charge in [-0.25, -0.2) is 9.97 Å². The van der Waals surface area contributed by atoms with Gasteiger partial charge in [0.25, 0.3) is 0 Å².